The van der Waals surface area contributed by atoms with E-state index in [0.717, 1.165) is 16.7 Å². The molecule has 0 saturated carbocycles. The third-order valence-corrected chi connectivity index (χ3v) is 7.00. The molecule has 1 heterocycles. The fourth-order valence-electron chi connectivity index (χ4n) is 3.67. The molecule has 0 fully saturated rings. The molecule has 0 bridgehead atoms. The summed E-state index contributed by atoms with van der Waals surface area (Å²) < 4.78 is 28.3. The van der Waals surface area contributed by atoms with Gasteiger partial charge in [-0.1, -0.05) is 42.5 Å². The fraction of sp³-hybridized carbons (Fsp3) is 0.111. The minimum atomic E-state index is -3.75. The van der Waals surface area contributed by atoms with E-state index >= 15 is 0 Å². The van der Waals surface area contributed by atoms with E-state index in [4.69, 9.17) is 0 Å². The van der Waals surface area contributed by atoms with Gasteiger partial charge in [0, 0.05) is 23.6 Å². The Morgan fingerprint density at radius 3 is 2.15 bits per heavy atom. The van der Waals surface area contributed by atoms with Crippen molar-refractivity contribution in [2.75, 3.05) is 4.72 Å². The van der Waals surface area contributed by atoms with E-state index in [0.29, 0.717) is 16.8 Å². The molecule has 4 rings (SSSR count). The SMILES string of the molecule is Cc1ccc(C)c(S(=O)(=O)Nc2ccc(C(=O)NC(c3ccccc3)c3ccncc3)cc2)c1. The van der Waals surface area contributed by atoms with Crippen molar-refractivity contribution < 1.29 is 13.2 Å². The zero-order chi connectivity index (χ0) is 24.1. The molecule has 34 heavy (non-hydrogen) atoms. The number of carbonyl (C=O) groups is 1. The Balaban J connectivity index is 1.53. The lowest BCUT2D eigenvalue weighted by Crippen LogP contribution is -2.29. The maximum atomic E-state index is 13.0. The average molecular weight is 472 g/mol. The van der Waals surface area contributed by atoms with E-state index in [-0.39, 0.29) is 16.8 Å². The first-order chi connectivity index (χ1) is 16.3. The molecule has 1 amide bonds. The Morgan fingerprint density at radius 1 is 0.824 bits per heavy atom. The third kappa shape index (κ3) is 5.32. The maximum absolute atomic E-state index is 13.0. The summed E-state index contributed by atoms with van der Waals surface area (Å²) in [5, 5.41) is 3.07. The summed E-state index contributed by atoms with van der Waals surface area (Å²) >= 11 is 0. The van der Waals surface area contributed by atoms with Crippen LogP contribution in [0.3, 0.4) is 0 Å². The molecular formula is C27H25N3O3S. The lowest BCUT2D eigenvalue weighted by atomic mass is 9.99. The van der Waals surface area contributed by atoms with Crippen LogP contribution in [0.25, 0.3) is 0 Å². The number of carbonyl (C=O) groups excluding carboxylic acids is 1. The van der Waals surface area contributed by atoms with Crippen LogP contribution < -0.4 is 10.0 Å². The van der Waals surface area contributed by atoms with Crippen LogP contribution in [0.2, 0.25) is 0 Å². The molecule has 1 aromatic heterocycles. The Bertz CT molecular complexity index is 1350. The van der Waals surface area contributed by atoms with E-state index in [9.17, 15) is 13.2 Å². The second-order valence-corrected chi connectivity index (χ2v) is 9.70. The Morgan fingerprint density at radius 2 is 1.47 bits per heavy atom. The highest BCUT2D eigenvalue weighted by Gasteiger charge is 2.19. The summed E-state index contributed by atoms with van der Waals surface area (Å²) in [6.07, 6.45) is 3.38. The van der Waals surface area contributed by atoms with Crippen LogP contribution in [0.5, 0.6) is 0 Å². The Labute approximate surface area is 199 Å². The molecule has 172 valence electrons. The zero-order valence-electron chi connectivity index (χ0n) is 18.9. The minimum absolute atomic E-state index is 0.234. The van der Waals surface area contributed by atoms with Gasteiger partial charge < -0.3 is 5.32 Å². The van der Waals surface area contributed by atoms with E-state index in [1.165, 1.54) is 0 Å². The second kappa shape index (κ2) is 9.89. The number of anilines is 1. The highest BCUT2D eigenvalue weighted by atomic mass is 32.2. The van der Waals surface area contributed by atoms with Gasteiger partial charge in [0.25, 0.3) is 15.9 Å². The number of amides is 1. The first kappa shape index (κ1) is 23.2. The van der Waals surface area contributed by atoms with Crippen molar-refractivity contribution in [2.45, 2.75) is 24.8 Å². The number of nitrogens with one attached hydrogen (secondary N) is 2. The number of rotatable bonds is 7. The Kier molecular flexibility index (Phi) is 6.75. The highest BCUT2D eigenvalue weighted by Crippen LogP contribution is 2.23. The van der Waals surface area contributed by atoms with Gasteiger partial charge in [0.1, 0.15) is 0 Å². The number of hydrogen-bond donors (Lipinski definition) is 2. The number of benzene rings is 3. The van der Waals surface area contributed by atoms with Crippen LogP contribution in [-0.4, -0.2) is 19.3 Å². The Hall–Kier alpha value is -3.97. The van der Waals surface area contributed by atoms with E-state index in [1.54, 1.807) is 55.7 Å². The lowest BCUT2D eigenvalue weighted by Gasteiger charge is -2.20. The molecular weight excluding hydrogens is 446 g/mol. The monoisotopic (exact) mass is 471 g/mol. The molecule has 1 unspecified atom stereocenters. The quantitative estimate of drug-likeness (QED) is 0.396. The smallest absolute Gasteiger partial charge is 0.262 e. The van der Waals surface area contributed by atoms with Crippen molar-refractivity contribution >= 4 is 21.6 Å². The molecule has 2 N–H and O–H groups in total. The molecule has 0 radical (unpaired) electrons. The molecule has 0 aliphatic rings. The van der Waals surface area contributed by atoms with Crippen LogP contribution in [-0.2, 0) is 10.0 Å². The first-order valence-corrected chi connectivity index (χ1v) is 12.3. The number of nitrogens with zero attached hydrogens (tertiary/aromatic N) is 1. The molecule has 6 nitrogen and oxygen atoms in total. The summed E-state index contributed by atoms with van der Waals surface area (Å²) in [6.45, 7) is 3.61. The highest BCUT2D eigenvalue weighted by molar-refractivity contribution is 7.92. The van der Waals surface area contributed by atoms with Gasteiger partial charge in [-0.15, -0.1) is 0 Å². The van der Waals surface area contributed by atoms with Crippen LogP contribution in [0, 0.1) is 13.8 Å². The fourth-order valence-corrected chi connectivity index (χ4v) is 5.06. The van der Waals surface area contributed by atoms with Crippen molar-refractivity contribution in [1.29, 1.82) is 0 Å². The van der Waals surface area contributed by atoms with Gasteiger partial charge in [-0.05, 0) is 78.6 Å². The summed E-state index contributed by atoms with van der Waals surface area (Å²) in [7, 11) is -3.75. The third-order valence-electron chi connectivity index (χ3n) is 5.48. The van der Waals surface area contributed by atoms with Crippen LogP contribution in [0.1, 0.15) is 38.7 Å². The number of hydrogen-bond acceptors (Lipinski definition) is 4. The topological polar surface area (TPSA) is 88.2 Å². The zero-order valence-corrected chi connectivity index (χ0v) is 19.7. The number of sulfonamides is 1. The van der Waals surface area contributed by atoms with Gasteiger partial charge in [0.15, 0.2) is 0 Å². The minimum Gasteiger partial charge on any atom is -0.341 e. The molecule has 4 aromatic rings. The van der Waals surface area contributed by atoms with Crippen molar-refractivity contribution in [1.82, 2.24) is 10.3 Å². The van der Waals surface area contributed by atoms with Crippen molar-refractivity contribution in [2.24, 2.45) is 0 Å². The van der Waals surface area contributed by atoms with Crippen LogP contribution >= 0.6 is 0 Å². The van der Waals surface area contributed by atoms with Gasteiger partial charge in [0.05, 0.1) is 10.9 Å². The van der Waals surface area contributed by atoms with Gasteiger partial charge >= 0.3 is 0 Å². The van der Waals surface area contributed by atoms with Crippen molar-refractivity contribution in [3.8, 4) is 0 Å². The van der Waals surface area contributed by atoms with Crippen molar-refractivity contribution in [3.63, 3.8) is 0 Å². The second-order valence-electron chi connectivity index (χ2n) is 8.05. The lowest BCUT2D eigenvalue weighted by molar-refractivity contribution is 0.0943. The molecule has 0 spiro atoms. The largest absolute Gasteiger partial charge is 0.341 e. The summed E-state index contributed by atoms with van der Waals surface area (Å²) in [6, 6.07) is 24.7. The predicted molar refractivity (Wildman–Crippen MR) is 133 cm³/mol. The number of aromatic nitrogens is 1. The van der Waals surface area contributed by atoms with E-state index < -0.39 is 10.0 Å². The van der Waals surface area contributed by atoms with E-state index in [2.05, 4.69) is 15.0 Å². The normalized spacial score (nSPS) is 12.1. The summed E-state index contributed by atoms with van der Waals surface area (Å²) in [4.78, 5) is 17.3. The molecule has 7 heteroatoms. The summed E-state index contributed by atoms with van der Waals surface area (Å²) in [5.74, 6) is -0.269. The molecule has 0 saturated heterocycles. The number of pyridine rings is 1. The molecule has 3 aromatic carbocycles. The predicted octanol–water partition coefficient (Wildman–Crippen LogP) is 5.02. The van der Waals surface area contributed by atoms with Crippen molar-refractivity contribution in [3.05, 3.63) is 125 Å². The van der Waals surface area contributed by atoms with Crippen LogP contribution in [0.15, 0.2) is 102 Å². The first-order valence-electron chi connectivity index (χ1n) is 10.8. The van der Waals surface area contributed by atoms with Gasteiger partial charge in [0.2, 0.25) is 0 Å². The van der Waals surface area contributed by atoms with E-state index in [1.807, 2.05) is 55.5 Å². The molecule has 0 aliphatic carbocycles. The molecule has 0 aliphatic heterocycles. The molecule has 1 atom stereocenters. The van der Waals surface area contributed by atoms with Crippen LogP contribution in [0.4, 0.5) is 5.69 Å². The number of aryl methyl sites for hydroxylation is 2. The van der Waals surface area contributed by atoms with Gasteiger partial charge in [-0.2, -0.15) is 0 Å². The standard InChI is InChI=1S/C27H25N3O3S/c1-19-8-9-20(2)25(18-19)34(32,33)30-24-12-10-23(11-13-24)27(31)29-26(21-6-4-3-5-7-21)22-14-16-28-17-15-22/h3-18,26,30H,1-2H3,(H,29,31). The maximum Gasteiger partial charge on any atom is 0.262 e. The average Bonchev–Trinajstić information content (AvgIpc) is 2.85. The summed E-state index contributed by atoms with van der Waals surface area (Å²) in [5.41, 5.74) is 4.18. The van der Waals surface area contributed by atoms with Gasteiger partial charge in [-0.3, -0.25) is 14.5 Å². The van der Waals surface area contributed by atoms with Gasteiger partial charge in [-0.25, -0.2) is 8.42 Å².